The highest BCUT2D eigenvalue weighted by molar-refractivity contribution is 5.78. The van der Waals surface area contributed by atoms with Crippen LogP contribution in [0.4, 0.5) is 0 Å². The van der Waals surface area contributed by atoms with Gasteiger partial charge in [0.1, 0.15) is 0 Å². The smallest absolute Gasteiger partial charge is 0.307 e. The number of ether oxygens (including phenoxy) is 3. The summed E-state index contributed by atoms with van der Waals surface area (Å²) in [6, 6.07) is 4.89. The largest absolute Gasteiger partial charge is 0.493 e. The summed E-state index contributed by atoms with van der Waals surface area (Å²) >= 11 is 0. The lowest BCUT2D eigenvalue weighted by Gasteiger charge is -2.28. The zero-order valence-electron chi connectivity index (χ0n) is 17.2. The number of rotatable bonds is 9. The minimum atomic E-state index is -0.486. The number of carbonyl (C=O) groups is 2. The molecule has 28 heavy (non-hydrogen) atoms. The van der Waals surface area contributed by atoms with E-state index in [2.05, 4.69) is 17.6 Å². The second-order valence-corrected chi connectivity index (χ2v) is 7.28. The molecule has 7 nitrogen and oxygen atoms in total. The van der Waals surface area contributed by atoms with Gasteiger partial charge < -0.3 is 24.8 Å². The van der Waals surface area contributed by atoms with Crippen molar-refractivity contribution >= 4 is 11.9 Å². The van der Waals surface area contributed by atoms with E-state index in [9.17, 15) is 9.59 Å². The van der Waals surface area contributed by atoms with Crippen LogP contribution < -0.4 is 20.1 Å². The molecular weight excluding hydrogens is 360 g/mol. The number of benzene rings is 1. The Labute approximate surface area is 167 Å². The Morgan fingerprint density at radius 3 is 2.39 bits per heavy atom. The Kier molecular flexibility index (Phi) is 8.57. The van der Waals surface area contributed by atoms with Crippen molar-refractivity contribution in [2.45, 2.75) is 38.6 Å². The lowest BCUT2D eigenvalue weighted by atomic mass is 9.84. The minimum absolute atomic E-state index is 0.0550. The molecule has 0 spiro atoms. The molecule has 0 bridgehead atoms. The molecule has 1 saturated heterocycles. The van der Waals surface area contributed by atoms with Crippen LogP contribution in [-0.4, -0.2) is 46.3 Å². The molecule has 2 unspecified atom stereocenters. The maximum absolute atomic E-state index is 12.7. The van der Waals surface area contributed by atoms with Crippen LogP contribution in [0.15, 0.2) is 18.2 Å². The maximum atomic E-state index is 12.7. The van der Waals surface area contributed by atoms with Crippen molar-refractivity contribution in [2.24, 2.45) is 11.8 Å². The molecule has 1 fully saturated rings. The fourth-order valence-electron chi connectivity index (χ4n) is 3.70. The predicted octanol–water partition coefficient (Wildman–Crippen LogP) is 2.45. The number of hydrogen-bond acceptors (Lipinski definition) is 6. The SMILES string of the molecule is COC(=O)CC(NC(=O)CC(C)C1CCNCC1)c1ccc(OC)c(OC)c1. The molecule has 2 N–H and O–H groups in total. The molecule has 1 aliphatic rings. The monoisotopic (exact) mass is 392 g/mol. The van der Waals surface area contributed by atoms with E-state index in [1.807, 2.05) is 6.07 Å². The van der Waals surface area contributed by atoms with Crippen molar-refractivity contribution in [2.75, 3.05) is 34.4 Å². The summed E-state index contributed by atoms with van der Waals surface area (Å²) in [5.74, 6) is 1.54. The number of amides is 1. The average molecular weight is 392 g/mol. The summed E-state index contributed by atoms with van der Waals surface area (Å²) < 4.78 is 15.4. The quantitative estimate of drug-likeness (QED) is 0.628. The van der Waals surface area contributed by atoms with Gasteiger partial charge in [0.05, 0.1) is 33.8 Å². The van der Waals surface area contributed by atoms with E-state index in [1.54, 1.807) is 26.4 Å². The third-order valence-electron chi connectivity index (χ3n) is 5.44. The van der Waals surface area contributed by atoms with E-state index in [4.69, 9.17) is 14.2 Å². The van der Waals surface area contributed by atoms with Gasteiger partial charge >= 0.3 is 5.97 Å². The van der Waals surface area contributed by atoms with E-state index < -0.39 is 6.04 Å². The number of hydrogen-bond donors (Lipinski definition) is 2. The zero-order valence-corrected chi connectivity index (χ0v) is 17.2. The van der Waals surface area contributed by atoms with Crippen LogP contribution in [0.1, 0.15) is 44.2 Å². The lowest BCUT2D eigenvalue weighted by molar-refractivity contribution is -0.141. The second-order valence-electron chi connectivity index (χ2n) is 7.28. The van der Waals surface area contributed by atoms with E-state index in [0.717, 1.165) is 31.5 Å². The molecule has 1 aromatic rings. The number of methoxy groups -OCH3 is 3. The summed E-state index contributed by atoms with van der Waals surface area (Å²) in [6.07, 6.45) is 2.68. The first-order valence-corrected chi connectivity index (χ1v) is 9.77. The van der Waals surface area contributed by atoms with E-state index in [-0.39, 0.29) is 18.3 Å². The molecule has 0 aliphatic carbocycles. The van der Waals surface area contributed by atoms with Gasteiger partial charge in [0.25, 0.3) is 0 Å². The summed E-state index contributed by atoms with van der Waals surface area (Å²) in [7, 11) is 4.46. The summed E-state index contributed by atoms with van der Waals surface area (Å²) in [5.41, 5.74) is 0.769. The average Bonchev–Trinajstić information content (AvgIpc) is 2.73. The summed E-state index contributed by atoms with van der Waals surface area (Å²) in [5, 5.41) is 6.36. The van der Waals surface area contributed by atoms with Gasteiger partial charge in [-0.05, 0) is 55.5 Å². The lowest BCUT2D eigenvalue weighted by Crippen LogP contribution is -2.35. The molecule has 0 saturated carbocycles. The van der Waals surface area contributed by atoms with Crippen LogP contribution in [-0.2, 0) is 14.3 Å². The molecule has 1 amide bonds. The van der Waals surface area contributed by atoms with Crippen molar-refractivity contribution in [3.63, 3.8) is 0 Å². The Hall–Kier alpha value is -2.28. The first kappa shape index (κ1) is 22.0. The summed E-state index contributed by atoms with van der Waals surface area (Å²) in [4.78, 5) is 24.6. The van der Waals surface area contributed by atoms with Crippen molar-refractivity contribution in [3.05, 3.63) is 23.8 Å². The molecule has 1 heterocycles. The highest BCUT2D eigenvalue weighted by Gasteiger charge is 2.25. The molecule has 7 heteroatoms. The third kappa shape index (κ3) is 6.12. The van der Waals surface area contributed by atoms with Crippen LogP contribution in [0.5, 0.6) is 11.5 Å². The standard InChI is InChI=1S/C21H32N2O5/c1-14(15-7-9-22-10-8-15)11-20(24)23-17(13-21(25)28-4)16-5-6-18(26-2)19(12-16)27-3/h5-6,12,14-15,17,22H,7-11,13H2,1-4H3,(H,23,24). The van der Waals surface area contributed by atoms with Crippen LogP contribution in [0, 0.1) is 11.8 Å². The number of piperidine rings is 1. The molecule has 0 aromatic heterocycles. The van der Waals surface area contributed by atoms with Gasteiger partial charge in [-0.15, -0.1) is 0 Å². The highest BCUT2D eigenvalue weighted by atomic mass is 16.5. The fourth-order valence-corrected chi connectivity index (χ4v) is 3.70. The summed E-state index contributed by atoms with van der Waals surface area (Å²) in [6.45, 7) is 4.14. The van der Waals surface area contributed by atoms with Crippen molar-refractivity contribution < 1.29 is 23.8 Å². The Bertz CT molecular complexity index is 658. The van der Waals surface area contributed by atoms with Crippen LogP contribution >= 0.6 is 0 Å². The first-order valence-electron chi connectivity index (χ1n) is 9.77. The van der Waals surface area contributed by atoms with Crippen LogP contribution in [0.3, 0.4) is 0 Å². The van der Waals surface area contributed by atoms with Crippen LogP contribution in [0.25, 0.3) is 0 Å². The van der Waals surface area contributed by atoms with Gasteiger partial charge in [0.15, 0.2) is 11.5 Å². The van der Waals surface area contributed by atoms with E-state index in [1.165, 1.54) is 7.11 Å². The Morgan fingerprint density at radius 1 is 1.11 bits per heavy atom. The molecule has 1 aromatic carbocycles. The topological polar surface area (TPSA) is 85.9 Å². The van der Waals surface area contributed by atoms with Crippen molar-refractivity contribution in [1.29, 1.82) is 0 Å². The number of carbonyl (C=O) groups excluding carboxylic acids is 2. The molecule has 2 atom stereocenters. The maximum Gasteiger partial charge on any atom is 0.307 e. The van der Waals surface area contributed by atoms with Gasteiger partial charge in [0, 0.05) is 6.42 Å². The fraction of sp³-hybridized carbons (Fsp3) is 0.619. The van der Waals surface area contributed by atoms with Gasteiger partial charge in [0.2, 0.25) is 5.91 Å². The Balaban J connectivity index is 2.09. The van der Waals surface area contributed by atoms with E-state index in [0.29, 0.717) is 29.8 Å². The number of nitrogens with one attached hydrogen (secondary N) is 2. The van der Waals surface area contributed by atoms with Gasteiger partial charge in [-0.2, -0.15) is 0 Å². The van der Waals surface area contributed by atoms with Gasteiger partial charge in [-0.1, -0.05) is 13.0 Å². The van der Waals surface area contributed by atoms with E-state index >= 15 is 0 Å². The third-order valence-corrected chi connectivity index (χ3v) is 5.44. The molecule has 1 aliphatic heterocycles. The van der Waals surface area contributed by atoms with Crippen molar-refractivity contribution in [3.8, 4) is 11.5 Å². The predicted molar refractivity (Wildman–Crippen MR) is 106 cm³/mol. The zero-order chi connectivity index (χ0) is 20.5. The van der Waals surface area contributed by atoms with Gasteiger partial charge in [-0.25, -0.2) is 0 Å². The normalized spacial score (nSPS) is 16.7. The molecule has 0 radical (unpaired) electrons. The minimum Gasteiger partial charge on any atom is -0.493 e. The Morgan fingerprint density at radius 2 is 1.79 bits per heavy atom. The second kappa shape index (κ2) is 10.9. The molecule has 156 valence electrons. The van der Waals surface area contributed by atoms with Crippen LogP contribution in [0.2, 0.25) is 0 Å². The number of esters is 1. The molecular formula is C21H32N2O5. The molecule has 2 rings (SSSR count). The first-order chi connectivity index (χ1) is 13.5. The highest BCUT2D eigenvalue weighted by Crippen LogP contribution is 2.31. The van der Waals surface area contributed by atoms with Crippen molar-refractivity contribution in [1.82, 2.24) is 10.6 Å². The van der Waals surface area contributed by atoms with Gasteiger partial charge in [-0.3, -0.25) is 9.59 Å².